The van der Waals surface area contributed by atoms with Gasteiger partial charge in [-0.2, -0.15) is 0 Å². The van der Waals surface area contributed by atoms with Crippen molar-refractivity contribution >= 4 is 70.1 Å². The summed E-state index contributed by atoms with van der Waals surface area (Å²) in [6.07, 6.45) is 5.24. The number of nitrogens with zero attached hydrogens (tertiary/aromatic N) is 4. The lowest BCUT2D eigenvalue weighted by molar-refractivity contribution is 0.122. The van der Waals surface area contributed by atoms with E-state index in [-0.39, 0.29) is 70.4 Å². The number of anilines is 3. The molecule has 322 valence electrons. The van der Waals surface area contributed by atoms with Crippen molar-refractivity contribution in [2.75, 3.05) is 49.0 Å². The minimum Gasteiger partial charge on any atom is -0.378 e. The Morgan fingerprint density at radius 2 is 1.15 bits per heavy atom. The first-order valence-corrected chi connectivity index (χ1v) is 22.7. The molecule has 4 aromatic carbocycles. The van der Waals surface area contributed by atoms with E-state index in [1.165, 1.54) is 6.92 Å². The van der Waals surface area contributed by atoms with E-state index >= 15 is 4.39 Å². The number of halogens is 7. The van der Waals surface area contributed by atoms with E-state index in [0.717, 1.165) is 72.8 Å². The SMILES string of the molecule is Cc1c(-c2cc(F)ccc2S(C)(=O)=O)nc2cc(F)cc(F)c2c1Cl.Cc1c(-c2cc(F)ccc2S(C)(=O)=O)nc2cc(F)cc(F)c2c1Nc1cncc(N2CCOCC2)c1. The van der Waals surface area contributed by atoms with Crippen LogP contribution in [0.5, 0.6) is 0 Å². The molecule has 7 aromatic rings. The van der Waals surface area contributed by atoms with Crippen molar-refractivity contribution in [1.29, 1.82) is 0 Å². The molecule has 0 radical (unpaired) electrons. The molecule has 0 unspecified atom stereocenters. The van der Waals surface area contributed by atoms with Crippen LogP contribution in [0.1, 0.15) is 11.1 Å². The van der Waals surface area contributed by atoms with Gasteiger partial charge >= 0.3 is 0 Å². The third-order valence-corrected chi connectivity index (χ3v) is 12.8. The summed E-state index contributed by atoms with van der Waals surface area (Å²) in [5.74, 6) is -4.79. The Bertz CT molecular complexity index is 3170. The van der Waals surface area contributed by atoms with Crippen LogP contribution in [0.2, 0.25) is 5.02 Å². The summed E-state index contributed by atoms with van der Waals surface area (Å²) in [5, 5.41) is 3.06. The first kappa shape index (κ1) is 44.2. The zero-order valence-corrected chi connectivity index (χ0v) is 35.5. The summed E-state index contributed by atoms with van der Waals surface area (Å²) in [6.45, 7) is 5.67. The lowest BCUT2D eigenvalue weighted by atomic mass is 10.0. The zero-order chi connectivity index (χ0) is 44.8. The Morgan fingerprint density at radius 1 is 0.645 bits per heavy atom. The molecule has 62 heavy (non-hydrogen) atoms. The number of nitrogens with one attached hydrogen (secondary N) is 1. The number of aromatic nitrogens is 3. The van der Waals surface area contributed by atoms with Crippen LogP contribution in [0, 0.1) is 48.8 Å². The van der Waals surface area contributed by atoms with E-state index in [0.29, 0.717) is 43.6 Å². The molecule has 1 saturated heterocycles. The van der Waals surface area contributed by atoms with E-state index < -0.39 is 54.6 Å². The lowest BCUT2D eigenvalue weighted by Gasteiger charge is -2.28. The Balaban J connectivity index is 0.000000201. The number of hydrogen-bond acceptors (Lipinski definition) is 10. The van der Waals surface area contributed by atoms with Gasteiger partial charge in [-0.15, -0.1) is 0 Å². The van der Waals surface area contributed by atoms with Crippen molar-refractivity contribution in [2.24, 2.45) is 0 Å². The fourth-order valence-electron chi connectivity index (χ4n) is 7.10. The molecule has 0 aliphatic carbocycles. The van der Waals surface area contributed by atoms with E-state index in [1.54, 1.807) is 19.3 Å². The molecule has 1 N–H and O–H groups in total. The van der Waals surface area contributed by atoms with Crippen LogP contribution in [0.25, 0.3) is 44.3 Å². The summed E-state index contributed by atoms with van der Waals surface area (Å²) >= 11 is 6.20. The summed E-state index contributed by atoms with van der Waals surface area (Å²) in [4.78, 5) is 14.6. The van der Waals surface area contributed by atoms with Crippen molar-refractivity contribution < 1.29 is 47.9 Å². The van der Waals surface area contributed by atoms with Gasteiger partial charge in [0.25, 0.3) is 0 Å². The highest BCUT2D eigenvalue weighted by molar-refractivity contribution is 7.91. The average molecular weight is 914 g/mol. The van der Waals surface area contributed by atoms with Gasteiger partial charge in [0.2, 0.25) is 0 Å². The highest BCUT2D eigenvalue weighted by Gasteiger charge is 2.25. The largest absolute Gasteiger partial charge is 0.378 e. The van der Waals surface area contributed by atoms with Crippen LogP contribution >= 0.6 is 11.6 Å². The molecule has 0 bridgehead atoms. The number of ether oxygens (including phenoxy) is 1. The Morgan fingerprint density at radius 3 is 1.68 bits per heavy atom. The standard InChI is InChI=1S/C26H23F3N4O3S.C17H11ClF3NO2S/c1-15-25(20-9-16(27)3-4-23(20)37(2,34)35)32-22-11-17(28)10-21(29)24(22)26(15)31-18-12-19(14-30-13-18)33-5-7-36-8-6-33;1-8-16(18)15-12(21)6-10(20)7-13(15)22-17(8)11-5-9(19)3-4-14(11)25(2,23)24/h3-4,9-14H,5-8H2,1-2H3,(H,31,32);3-7H,1-2H3. The third kappa shape index (κ3) is 9.04. The maximum Gasteiger partial charge on any atom is 0.176 e. The van der Waals surface area contributed by atoms with E-state index in [2.05, 4.69) is 25.2 Å². The quantitative estimate of drug-likeness (QED) is 0.122. The monoisotopic (exact) mass is 913 g/mol. The molecule has 10 nitrogen and oxygen atoms in total. The van der Waals surface area contributed by atoms with Crippen molar-refractivity contribution in [3.63, 3.8) is 0 Å². The maximum absolute atomic E-state index is 15.1. The fourth-order valence-corrected chi connectivity index (χ4v) is 9.12. The molecule has 1 fully saturated rings. The van der Waals surface area contributed by atoms with Gasteiger partial charge in [0.15, 0.2) is 19.7 Å². The summed E-state index contributed by atoms with van der Waals surface area (Å²) < 4.78 is 139. The molecule has 0 saturated carbocycles. The second kappa shape index (κ2) is 17.2. The second-order valence-corrected chi connectivity index (χ2v) is 18.8. The Kier molecular flexibility index (Phi) is 12.2. The summed E-state index contributed by atoms with van der Waals surface area (Å²) in [5.41, 5.74) is 2.16. The molecular formula is C43H34ClF6N5O5S2. The van der Waals surface area contributed by atoms with Crippen LogP contribution in [-0.4, -0.2) is 70.6 Å². The molecule has 1 aliphatic rings. The third-order valence-electron chi connectivity index (χ3n) is 9.98. The fraction of sp³-hybridized carbons (Fsp3) is 0.186. The summed E-state index contributed by atoms with van der Waals surface area (Å²) in [6, 6.07) is 11.7. The van der Waals surface area contributed by atoms with Crippen molar-refractivity contribution in [1.82, 2.24) is 15.0 Å². The summed E-state index contributed by atoms with van der Waals surface area (Å²) in [7, 11) is -7.47. The number of rotatable bonds is 7. The minimum absolute atomic E-state index is 0.00480. The number of fused-ring (bicyclic) bond motifs is 2. The first-order chi connectivity index (χ1) is 29.2. The molecule has 0 amide bonds. The molecule has 19 heteroatoms. The molecule has 0 atom stereocenters. The second-order valence-electron chi connectivity index (χ2n) is 14.4. The van der Waals surface area contributed by atoms with E-state index in [9.17, 15) is 38.8 Å². The van der Waals surface area contributed by atoms with E-state index in [4.69, 9.17) is 16.3 Å². The van der Waals surface area contributed by atoms with Gasteiger partial charge in [0, 0.05) is 61.0 Å². The van der Waals surface area contributed by atoms with Crippen molar-refractivity contribution in [3.8, 4) is 22.5 Å². The van der Waals surface area contributed by atoms with Crippen molar-refractivity contribution in [3.05, 3.63) is 130 Å². The predicted octanol–water partition coefficient (Wildman–Crippen LogP) is 9.69. The zero-order valence-electron chi connectivity index (χ0n) is 33.1. The van der Waals surface area contributed by atoms with Gasteiger partial charge in [-0.1, -0.05) is 11.6 Å². The first-order valence-electron chi connectivity index (χ1n) is 18.5. The minimum atomic E-state index is -3.78. The van der Waals surface area contributed by atoms with Crippen LogP contribution in [0.4, 0.5) is 43.4 Å². The lowest BCUT2D eigenvalue weighted by Crippen LogP contribution is -2.36. The van der Waals surface area contributed by atoms with E-state index in [1.807, 2.05) is 6.07 Å². The van der Waals surface area contributed by atoms with Gasteiger partial charge in [-0.05, 0) is 67.4 Å². The smallest absolute Gasteiger partial charge is 0.176 e. The maximum atomic E-state index is 15.1. The molecule has 3 aromatic heterocycles. The average Bonchev–Trinajstić information content (AvgIpc) is 3.19. The Labute approximate surface area is 357 Å². The highest BCUT2D eigenvalue weighted by atomic mass is 35.5. The van der Waals surface area contributed by atoms with Crippen LogP contribution in [-0.2, 0) is 24.4 Å². The number of hydrogen-bond donors (Lipinski definition) is 1. The molecule has 0 spiro atoms. The van der Waals surface area contributed by atoms with Gasteiger partial charge in [-0.25, -0.2) is 53.1 Å². The van der Waals surface area contributed by atoms with Gasteiger partial charge in [0.1, 0.15) is 34.9 Å². The Hall–Kier alpha value is -5.82. The van der Waals surface area contributed by atoms with Crippen LogP contribution < -0.4 is 10.2 Å². The van der Waals surface area contributed by atoms with Crippen LogP contribution in [0.15, 0.2) is 88.9 Å². The number of pyridine rings is 3. The normalized spacial score (nSPS) is 13.3. The molecule has 8 rings (SSSR count). The van der Waals surface area contributed by atoms with Crippen LogP contribution in [0.3, 0.4) is 0 Å². The van der Waals surface area contributed by atoms with Gasteiger partial charge in [0.05, 0.1) is 90.7 Å². The molecule has 4 heterocycles. The topological polar surface area (TPSA) is 131 Å². The van der Waals surface area contributed by atoms with Gasteiger partial charge in [-0.3, -0.25) is 4.98 Å². The highest BCUT2D eigenvalue weighted by Crippen LogP contribution is 2.40. The van der Waals surface area contributed by atoms with Crippen molar-refractivity contribution in [2.45, 2.75) is 23.6 Å². The molecule has 1 aliphatic heterocycles. The predicted molar refractivity (Wildman–Crippen MR) is 225 cm³/mol. The molecular weight excluding hydrogens is 880 g/mol. The van der Waals surface area contributed by atoms with Gasteiger partial charge < -0.3 is 15.0 Å². The number of morpholine rings is 1. The number of benzene rings is 4. The number of sulfone groups is 2.